The number of urea groups is 1. The molecule has 0 bridgehead atoms. The average molecular weight is 340 g/mol. The molecule has 1 aliphatic rings. The van der Waals surface area contributed by atoms with Gasteiger partial charge >= 0.3 is 6.03 Å². The van der Waals surface area contributed by atoms with Crippen molar-refractivity contribution in [2.45, 2.75) is 12.5 Å². The van der Waals surface area contributed by atoms with E-state index < -0.39 is 15.9 Å². The van der Waals surface area contributed by atoms with E-state index in [4.69, 9.17) is 14.6 Å². The van der Waals surface area contributed by atoms with E-state index in [2.05, 4.69) is 4.98 Å². The number of ether oxygens (including phenoxy) is 1. The molecule has 0 aliphatic carbocycles. The van der Waals surface area contributed by atoms with Gasteiger partial charge in [0.1, 0.15) is 23.2 Å². The average Bonchev–Trinajstić information content (AvgIpc) is 2.79. The summed E-state index contributed by atoms with van der Waals surface area (Å²) in [7, 11) is -1.12. The smallest absolute Gasteiger partial charge is 0.325 e. The molecule has 1 atom stereocenters. The first-order chi connectivity index (χ1) is 10.8. The Bertz CT molecular complexity index is 758. The Kier molecular flexibility index (Phi) is 4.72. The van der Waals surface area contributed by atoms with E-state index in [1.54, 1.807) is 7.05 Å². The molecule has 1 N–H and O–H groups in total. The van der Waals surface area contributed by atoms with Crippen LogP contribution in [0.5, 0.6) is 5.75 Å². The number of methoxy groups -OCH3 is 1. The molecular weight excluding hydrogens is 324 g/mol. The third kappa shape index (κ3) is 3.69. The molecule has 2 amide bonds. The van der Waals surface area contributed by atoms with Crippen molar-refractivity contribution in [1.29, 1.82) is 5.26 Å². The first kappa shape index (κ1) is 17.0. The summed E-state index contributed by atoms with van der Waals surface area (Å²) in [5.74, 6) is 0.189. The lowest BCUT2D eigenvalue weighted by Gasteiger charge is -2.16. The fourth-order valence-electron chi connectivity index (χ4n) is 2.35. The highest BCUT2D eigenvalue weighted by molar-refractivity contribution is 7.85. The van der Waals surface area contributed by atoms with Gasteiger partial charge in [-0.3, -0.25) is 9.45 Å². The van der Waals surface area contributed by atoms with E-state index in [1.165, 1.54) is 29.2 Å². The second-order valence-electron chi connectivity index (χ2n) is 5.09. The number of nitriles is 1. The number of hydrogen-bond donors (Lipinski definition) is 1. The molecule has 0 radical (unpaired) electrons. The van der Waals surface area contributed by atoms with Gasteiger partial charge in [0.2, 0.25) is 0 Å². The molecule has 2 heterocycles. The van der Waals surface area contributed by atoms with E-state index in [1.807, 2.05) is 6.07 Å². The topological polar surface area (TPSA) is 124 Å². The summed E-state index contributed by atoms with van der Waals surface area (Å²) in [6.45, 7) is 0.229. The van der Waals surface area contributed by atoms with Gasteiger partial charge in [-0.1, -0.05) is 0 Å². The third-order valence-corrected chi connectivity index (χ3v) is 4.40. The molecule has 1 aliphatic heterocycles. The van der Waals surface area contributed by atoms with Crippen LogP contribution in [-0.4, -0.2) is 61.4 Å². The third-order valence-electron chi connectivity index (χ3n) is 3.65. The monoisotopic (exact) mass is 340 g/mol. The summed E-state index contributed by atoms with van der Waals surface area (Å²) in [4.78, 5) is 19.1. The Morgan fingerprint density at radius 1 is 1.57 bits per heavy atom. The zero-order valence-corrected chi connectivity index (χ0v) is 13.4. The van der Waals surface area contributed by atoms with Crippen molar-refractivity contribution in [1.82, 2.24) is 9.88 Å². The molecule has 0 aromatic carbocycles. The molecule has 0 saturated carbocycles. The van der Waals surface area contributed by atoms with Crippen LogP contribution >= 0.6 is 0 Å². The first-order valence-corrected chi connectivity index (χ1v) is 8.31. The number of amides is 2. The van der Waals surface area contributed by atoms with Crippen LogP contribution in [0.15, 0.2) is 12.3 Å². The van der Waals surface area contributed by atoms with E-state index in [0.29, 0.717) is 11.6 Å². The van der Waals surface area contributed by atoms with Gasteiger partial charge in [-0.25, -0.2) is 9.78 Å². The summed E-state index contributed by atoms with van der Waals surface area (Å²) in [5.41, 5.74) is 0.249. The molecule has 1 fully saturated rings. The number of carbonyl (C=O) groups is 1. The quantitative estimate of drug-likeness (QED) is 0.773. The number of anilines is 1. The molecule has 2 rings (SSSR count). The summed E-state index contributed by atoms with van der Waals surface area (Å²) >= 11 is 0. The van der Waals surface area contributed by atoms with E-state index in [9.17, 15) is 13.2 Å². The number of rotatable bonds is 5. The summed E-state index contributed by atoms with van der Waals surface area (Å²) in [5, 5.41) is 8.95. The Balaban J connectivity index is 2.21. The maximum atomic E-state index is 12.3. The highest BCUT2D eigenvalue weighted by Crippen LogP contribution is 2.27. The molecule has 1 unspecified atom stereocenters. The molecule has 1 saturated heterocycles. The van der Waals surface area contributed by atoms with Crippen molar-refractivity contribution < 1.29 is 22.5 Å². The molecule has 23 heavy (non-hydrogen) atoms. The molecule has 0 spiro atoms. The summed E-state index contributed by atoms with van der Waals surface area (Å²) in [6.07, 6.45) is 1.43. The van der Waals surface area contributed by atoms with E-state index in [-0.39, 0.29) is 30.6 Å². The van der Waals surface area contributed by atoms with Crippen LogP contribution in [0.4, 0.5) is 10.6 Å². The van der Waals surface area contributed by atoms with Crippen molar-refractivity contribution >= 4 is 22.0 Å². The van der Waals surface area contributed by atoms with Crippen molar-refractivity contribution in [3.63, 3.8) is 0 Å². The summed E-state index contributed by atoms with van der Waals surface area (Å²) < 4.78 is 35.6. The van der Waals surface area contributed by atoms with E-state index >= 15 is 0 Å². The lowest BCUT2D eigenvalue weighted by atomic mass is 10.2. The second kappa shape index (κ2) is 6.39. The van der Waals surface area contributed by atoms with Gasteiger partial charge in [0, 0.05) is 19.7 Å². The van der Waals surface area contributed by atoms with Gasteiger partial charge in [-0.05, 0) is 6.42 Å². The van der Waals surface area contributed by atoms with Crippen LogP contribution < -0.4 is 9.64 Å². The molecule has 1 aromatic rings. The zero-order chi connectivity index (χ0) is 17.2. The highest BCUT2D eigenvalue weighted by Gasteiger charge is 2.36. The van der Waals surface area contributed by atoms with Gasteiger partial charge in [0.15, 0.2) is 0 Å². The number of likely N-dealkylation sites (N-methyl/N-ethyl adjacent to an activating group) is 1. The molecule has 10 heteroatoms. The van der Waals surface area contributed by atoms with Crippen molar-refractivity contribution in [3.8, 4) is 11.8 Å². The Morgan fingerprint density at radius 3 is 2.83 bits per heavy atom. The standard InChI is InChI=1S/C13H16N4O5S/c1-16-10(3-4-23(19,20)21)8-17(13(16)18)12-5-11(22-2)9(6-14)7-15-12/h5,7,10H,3-4,8H2,1-2H3,(H,19,20,21). The van der Waals surface area contributed by atoms with Crippen LogP contribution in [0.2, 0.25) is 0 Å². The lowest BCUT2D eigenvalue weighted by Crippen LogP contribution is -2.32. The normalized spacial score (nSPS) is 18.2. The zero-order valence-electron chi connectivity index (χ0n) is 12.6. The predicted octanol–water partition coefficient (Wildman–Crippen LogP) is 0.480. The van der Waals surface area contributed by atoms with Crippen molar-refractivity contribution in [2.24, 2.45) is 0 Å². The maximum absolute atomic E-state index is 12.3. The second-order valence-corrected chi connectivity index (χ2v) is 6.66. The minimum Gasteiger partial charge on any atom is -0.495 e. The lowest BCUT2D eigenvalue weighted by molar-refractivity contribution is 0.218. The number of aromatic nitrogens is 1. The number of carbonyl (C=O) groups excluding carboxylic acids is 1. The van der Waals surface area contributed by atoms with Crippen molar-refractivity contribution in [2.75, 3.05) is 31.4 Å². The van der Waals surface area contributed by atoms with Gasteiger partial charge in [-0.15, -0.1) is 0 Å². The van der Waals surface area contributed by atoms with Gasteiger partial charge in [-0.2, -0.15) is 13.7 Å². The molecule has 1 aromatic heterocycles. The van der Waals surface area contributed by atoms with Crippen molar-refractivity contribution in [3.05, 3.63) is 17.8 Å². The van der Waals surface area contributed by atoms with Gasteiger partial charge in [0.05, 0.1) is 25.1 Å². The van der Waals surface area contributed by atoms with Gasteiger partial charge in [0.25, 0.3) is 10.1 Å². The number of hydrogen-bond acceptors (Lipinski definition) is 6. The Morgan fingerprint density at radius 2 is 2.26 bits per heavy atom. The SMILES string of the molecule is COc1cc(N2CC(CCS(=O)(=O)O)N(C)C2=O)ncc1C#N. The van der Waals surface area contributed by atoms with Crippen LogP contribution in [0, 0.1) is 11.3 Å². The fraction of sp³-hybridized carbons (Fsp3) is 0.462. The van der Waals surface area contributed by atoms with E-state index in [0.717, 1.165) is 0 Å². The fourth-order valence-corrected chi connectivity index (χ4v) is 2.92. The minimum atomic E-state index is -4.08. The predicted molar refractivity (Wildman–Crippen MR) is 80.8 cm³/mol. The Labute approximate surface area is 133 Å². The highest BCUT2D eigenvalue weighted by atomic mass is 32.2. The minimum absolute atomic E-state index is 0.116. The summed E-state index contributed by atoms with van der Waals surface area (Å²) in [6, 6.07) is 2.71. The molecular formula is C13H16N4O5S. The van der Waals surface area contributed by atoms with Crippen LogP contribution in [0.25, 0.3) is 0 Å². The van der Waals surface area contributed by atoms with Crippen LogP contribution in [0.3, 0.4) is 0 Å². The maximum Gasteiger partial charge on any atom is 0.325 e. The van der Waals surface area contributed by atoms with Crippen LogP contribution in [0.1, 0.15) is 12.0 Å². The molecule has 124 valence electrons. The number of pyridine rings is 1. The number of nitrogens with zero attached hydrogens (tertiary/aromatic N) is 4. The Hall–Kier alpha value is -2.38. The first-order valence-electron chi connectivity index (χ1n) is 6.70. The largest absolute Gasteiger partial charge is 0.495 e. The molecule has 9 nitrogen and oxygen atoms in total. The van der Waals surface area contributed by atoms with Crippen LogP contribution in [-0.2, 0) is 10.1 Å². The van der Waals surface area contributed by atoms with Gasteiger partial charge < -0.3 is 9.64 Å².